The molecular formula is C21H16F2N2O3. The summed E-state index contributed by atoms with van der Waals surface area (Å²) in [4.78, 5) is 12.3. The summed E-state index contributed by atoms with van der Waals surface area (Å²) in [6.45, 7) is 0. The van der Waals surface area contributed by atoms with Gasteiger partial charge in [0.25, 0.3) is 5.91 Å². The molecule has 28 heavy (non-hydrogen) atoms. The van der Waals surface area contributed by atoms with E-state index in [0.29, 0.717) is 11.3 Å². The lowest BCUT2D eigenvalue weighted by Gasteiger charge is -2.08. The van der Waals surface area contributed by atoms with Crippen molar-refractivity contribution in [3.8, 4) is 22.6 Å². The lowest BCUT2D eigenvalue weighted by atomic mass is 10.0. The van der Waals surface area contributed by atoms with Crippen LogP contribution in [-0.2, 0) is 0 Å². The van der Waals surface area contributed by atoms with Crippen molar-refractivity contribution < 1.29 is 23.4 Å². The van der Waals surface area contributed by atoms with E-state index in [4.69, 9.17) is 4.74 Å². The zero-order chi connectivity index (χ0) is 20.1. The smallest absolute Gasteiger partial charge is 0.275 e. The molecule has 0 aliphatic heterocycles. The van der Waals surface area contributed by atoms with Crippen LogP contribution in [0.2, 0.25) is 0 Å². The highest BCUT2D eigenvalue weighted by Gasteiger charge is 2.14. The largest absolute Gasteiger partial charge is 0.507 e. The molecule has 0 heterocycles. The van der Waals surface area contributed by atoms with E-state index >= 15 is 0 Å². The van der Waals surface area contributed by atoms with Gasteiger partial charge in [-0.3, -0.25) is 4.79 Å². The third kappa shape index (κ3) is 4.32. The summed E-state index contributed by atoms with van der Waals surface area (Å²) in [5.41, 5.74) is 3.37. The lowest BCUT2D eigenvalue weighted by molar-refractivity contribution is 0.0952. The van der Waals surface area contributed by atoms with Crippen LogP contribution in [0.1, 0.15) is 15.9 Å². The van der Waals surface area contributed by atoms with Gasteiger partial charge in [0.2, 0.25) is 0 Å². The maximum atomic E-state index is 14.0. The zero-order valence-corrected chi connectivity index (χ0v) is 14.8. The summed E-state index contributed by atoms with van der Waals surface area (Å²) < 4.78 is 32.1. The highest BCUT2D eigenvalue weighted by molar-refractivity contribution is 5.98. The number of aromatic hydroxyl groups is 1. The first-order valence-corrected chi connectivity index (χ1v) is 8.24. The maximum absolute atomic E-state index is 14.0. The van der Waals surface area contributed by atoms with Gasteiger partial charge in [0.15, 0.2) is 0 Å². The van der Waals surface area contributed by atoms with Crippen molar-refractivity contribution in [2.75, 3.05) is 7.11 Å². The van der Waals surface area contributed by atoms with Crippen molar-refractivity contribution in [2.45, 2.75) is 0 Å². The zero-order valence-electron chi connectivity index (χ0n) is 14.8. The molecule has 7 heteroatoms. The van der Waals surface area contributed by atoms with Crippen molar-refractivity contribution in [1.82, 2.24) is 5.43 Å². The molecule has 0 fully saturated rings. The Morgan fingerprint density at radius 3 is 2.50 bits per heavy atom. The molecule has 0 bridgehead atoms. The average Bonchev–Trinajstić information content (AvgIpc) is 2.69. The minimum Gasteiger partial charge on any atom is -0.507 e. The molecule has 0 aliphatic rings. The predicted molar refractivity (Wildman–Crippen MR) is 102 cm³/mol. The number of carbonyl (C=O) groups is 1. The van der Waals surface area contributed by atoms with E-state index in [1.165, 1.54) is 30.5 Å². The number of hydrogen-bond acceptors (Lipinski definition) is 4. The van der Waals surface area contributed by atoms with Gasteiger partial charge in [0, 0.05) is 11.6 Å². The summed E-state index contributed by atoms with van der Waals surface area (Å²) in [5.74, 6) is -1.74. The molecule has 5 nitrogen and oxygen atoms in total. The van der Waals surface area contributed by atoms with Gasteiger partial charge in [-0.05, 0) is 59.7 Å². The number of amides is 1. The van der Waals surface area contributed by atoms with Gasteiger partial charge in [-0.1, -0.05) is 6.07 Å². The van der Waals surface area contributed by atoms with Crippen molar-refractivity contribution in [1.29, 1.82) is 0 Å². The number of methoxy groups -OCH3 is 1. The van der Waals surface area contributed by atoms with E-state index in [1.807, 2.05) is 0 Å². The quantitative estimate of drug-likeness (QED) is 0.515. The van der Waals surface area contributed by atoms with E-state index < -0.39 is 17.5 Å². The molecule has 0 unspecified atom stereocenters. The molecular weight excluding hydrogens is 366 g/mol. The van der Waals surface area contributed by atoms with Crippen LogP contribution in [0.3, 0.4) is 0 Å². The molecule has 0 spiro atoms. The number of phenolic OH excluding ortho intramolecular Hbond substituents is 1. The Bertz CT molecular complexity index is 1030. The van der Waals surface area contributed by atoms with Crippen molar-refractivity contribution in [3.05, 3.63) is 83.4 Å². The molecule has 3 aromatic carbocycles. The van der Waals surface area contributed by atoms with Crippen LogP contribution in [0.25, 0.3) is 11.1 Å². The van der Waals surface area contributed by atoms with Crippen LogP contribution in [0.4, 0.5) is 8.78 Å². The minimum absolute atomic E-state index is 0.0897. The van der Waals surface area contributed by atoms with Crippen LogP contribution in [0.5, 0.6) is 11.5 Å². The molecule has 0 radical (unpaired) electrons. The first kappa shape index (κ1) is 19.0. The predicted octanol–water partition coefficient (Wildman–Crippen LogP) is 4.11. The standard InChI is InChI=1S/C21H16F2N2O3/c1-28-16-6-2-13(3-7-16)12-24-25-21(27)18-10-14(4-9-20(18)26)17-8-5-15(22)11-19(17)23/h2-12,26H,1H3,(H,25,27)/b24-12+. The van der Waals surface area contributed by atoms with Crippen LogP contribution in [-0.4, -0.2) is 24.3 Å². The van der Waals surface area contributed by atoms with E-state index in [1.54, 1.807) is 31.4 Å². The van der Waals surface area contributed by atoms with Crippen LogP contribution in [0.15, 0.2) is 65.8 Å². The number of ether oxygens (including phenoxy) is 1. The Kier molecular flexibility index (Phi) is 5.64. The molecule has 3 rings (SSSR count). The maximum Gasteiger partial charge on any atom is 0.275 e. The number of halogens is 2. The summed E-state index contributed by atoms with van der Waals surface area (Å²) >= 11 is 0. The second-order valence-electron chi connectivity index (χ2n) is 5.83. The molecule has 142 valence electrons. The number of phenols is 1. The van der Waals surface area contributed by atoms with Gasteiger partial charge in [-0.2, -0.15) is 5.10 Å². The number of carbonyl (C=O) groups excluding carboxylic acids is 1. The minimum atomic E-state index is -0.769. The molecule has 0 saturated heterocycles. The van der Waals surface area contributed by atoms with Gasteiger partial charge < -0.3 is 9.84 Å². The van der Waals surface area contributed by atoms with E-state index in [9.17, 15) is 18.7 Å². The summed E-state index contributed by atoms with van der Waals surface area (Å²) in [7, 11) is 1.56. The third-order valence-electron chi connectivity index (χ3n) is 3.98. The average molecular weight is 382 g/mol. The topological polar surface area (TPSA) is 70.9 Å². The fourth-order valence-corrected chi connectivity index (χ4v) is 2.52. The number of rotatable bonds is 5. The number of benzene rings is 3. The summed E-state index contributed by atoms with van der Waals surface area (Å²) in [5, 5.41) is 13.8. The van der Waals surface area contributed by atoms with Crippen molar-refractivity contribution in [3.63, 3.8) is 0 Å². The molecule has 0 aromatic heterocycles. The van der Waals surface area contributed by atoms with Crippen molar-refractivity contribution >= 4 is 12.1 Å². The third-order valence-corrected chi connectivity index (χ3v) is 3.98. The van der Waals surface area contributed by atoms with Crippen LogP contribution in [0, 0.1) is 11.6 Å². The SMILES string of the molecule is COc1ccc(/C=N/NC(=O)c2cc(-c3ccc(F)cc3F)ccc2O)cc1. The van der Waals surface area contributed by atoms with E-state index in [0.717, 1.165) is 17.7 Å². The molecule has 0 saturated carbocycles. The van der Waals surface area contributed by atoms with Crippen LogP contribution >= 0.6 is 0 Å². The van der Waals surface area contributed by atoms with Gasteiger partial charge in [0.1, 0.15) is 23.1 Å². The monoisotopic (exact) mass is 382 g/mol. The second-order valence-corrected chi connectivity index (χ2v) is 5.83. The highest BCUT2D eigenvalue weighted by atomic mass is 19.1. The summed E-state index contributed by atoms with van der Waals surface area (Å²) in [6.07, 6.45) is 1.43. The van der Waals surface area contributed by atoms with Crippen molar-refractivity contribution in [2.24, 2.45) is 5.10 Å². The normalized spacial score (nSPS) is 10.8. The Labute approximate surface area is 159 Å². The second kappa shape index (κ2) is 8.30. The van der Waals surface area contributed by atoms with E-state index in [2.05, 4.69) is 10.5 Å². The molecule has 3 aromatic rings. The molecule has 2 N–H and O–H groups in total. The Morgan fingerprint density at radius 1 is 1.07 bits per heavy atom. The molecule has 0 atom stereocenters. The van der Waals surface area contributed by atoms with Gasteiger partial charge in [0.05, 0.1) is 18.9 Å². The fraction of sp³-hybridized carbons (Fsp3) is 0.0476. The van der Waals surface area contributed by atoms with Gasteiger partial charge >= 0.3 is 0 Å². The Hall–Kier alpha value is -3.74. The first-order valence-electron chi connectivity index (χ1n) is 8.24. The number of hydrogen-bond donors (Lipinski definition) is 2. The Morgan fingerprint density at radius 2 is 1.82 bits per heavy atom. The van der Waals surface area contributed by atoms with Crippen LogP contribution < -0.4 is 10.2 Å². The van der Waals surface area contributed by atoms with E-state index in [-0.39, 0.29) is 16.9 Å². The van der Waals surface area contributed by atoms with Gasteiger partial charge in [-0.15, -0.1) is 0 Å². The molecule has 1 amide bonds. The fourth-order valence-electron chi connectivity index (χ4n) is 2.52. The molecule has 0 aliphatic carbocycles. The number of nitrogens with one attached hydrogen (secondary N) is 1. The number of nitrogens with zero attached hydrogens (tertiary/aromatic N) is 1. The summed E-state index contributed by atoms with van der Waals surface area (Å²) in [6, 6.07) is 14.1. The lowest BCUT2D eigenvalue weighted by Crippen LogP contribution is -2.17. The highest BCUT2D eigenvalue weighted by Crippen LogP contribution is 2.28. The first-order chi connectivity index (χ1) is 13.5. The number of hydrazone groups is 1. The Balaban J connectivity index is 1.78. The van der Waals surface area contributed by atoms with Gasteiger partial charge in [-0.25, -0.2) is 14.2 Å².